The summed E-state index contributed by atoms with van der Waals surface area (Å²) < 4.78 is 27.1. The molecule has 1 saturated heterocycles. The van der Waals surface area contributed by atoms with Gasteiger partial charge in [-0.1, -0.05) is 12.5 Å². The molecule has 0 radical (unpaired) electrons. The van der Waals surface area contributed by atoms with Gasteiger partial charge in [0.05, 0.1) is 4.90 Å². The van der Waals surface area contributed by atoms with Gasteiger partial charge in [0.25, 0.3) is 5.91 Å². The van der Waals surface area contributed by atoms with E-state index >= 15 is 0 Å². The number of sulfonamides is 1. The van der Waals surface area contributed by atoms with Crippen molar-refractivity contribution in [2.75, 3.05) is 20.6 Å². The molecular formula is C15H23N3O3S. The van der Waals surface area contributed by atoms with E-state index in [9.17, 15) is 13.2 Å². The van der Waals surface area contributed by atoms with Crippen LogP contribution in [0.2, 0.25) is 0 Å². The first-order chi connectivity index (χ1) is 10.3. The van der Waals surface area contributed by atoms with Crippen molar-refractivity contribution in [1.29, 1.82) is 0 Å². The lowest BCUT2D eigenvalue weighted by atomic mass is 10.1. The zero-order valence-electron chi connectivity index (χ0n) is 13.2. The molecule has 1 aromatic rings. The molecule has 1 heterocycles. The Kier molecular flexibility index (Phi) is 5.20. The molecule has 0 bridgehead atoms. The van der Waals surface area contributed by atoms with Crippen LogP contribution in [0.15, 0.2) is 29.2 Å². The summed E-state index contributed by atoms with van der Waals surface area (Å²) in [7, 11) is -0.151. The molecule has 1 aliphatic rings. The van der Waals surface area contributed by atoms with Crippen LogP contribution >= 0.6 is 0 Å². The number of piperidine rings is 1. The topological polar surface area (TPSA) is 69.7 Å². The number of nitrogens with zero attached hydrogens (tertiary/aromatic N) is 2. The predicted octanol–water partition coefficient (Wildman–Crippen LogP) is 1.46. The molecule has 22 heavy (non-hydrogen) atoms. The number of amides is 1. The SMILES string of the molecule is C[C@@H]1CCCCN1S(=O)(=O)c1cccc(C(=O)NN(C)C)c1. The summed E-state index contributed by atoms with van der Waals surface area (Å²) in [5.41, 5.74) is 2.94. The first kappa shape index (κ1) is 16.9. The Hall–Kier alpha value is -1.44. The highest BCUT2D eigenvalue weighted by atomic mass is 32.2. The summed E-state index contributed by atoms with van der Waals surface area (Å²) in [6.45, 7) is 2.47. The summed E-state index contributed by atoms with van der Waals surface area (Å²) in [4.78, 5) is 12.2. The average molecular weight is 325 g/mol. The van der Waals surface area contributed by atoms with Crippen molar-refractivity contribution in [3.63, 3.8) is 0 Å². The van der Waals surface area contributed by atoms with Gasteiger partial charge in [-0.05, 0) is 38.0 Å². The largest absolute Gasteiger partial charge is 0.285 e. The Morgan fingerprint density at radius 1 is 1.32 bits per heavy atom. The van der Waals surface area contributed by atoms with Crippen LogP contribution in [0.25, 0.3) is 0 Å². The van der Waals surface area contributed by atoms with Gasteiger partial charge >= 0.3 is 0 Å². The molecule has 2 rings (SSSR count). The quantitative estimate of drug-likeness (QED) is 0.851. The molecule has 0 aromatic heterocycles. The summed E-state index contributed by atoms with van der Waals surface area (Å²) in [5.74, 6) is -0.325. The van der Waals surface area contributed by atoms with Crippen LogP contribution in [0.3, 0.4) is 0 Å². The highest BCUT2D eigenvalue weighted by molar-refractivity contribution is 7.89. The van der Waals surface area contributed by atoms with Crippen molar-refractivity contribution in [3.05, 3.63) is 29.8 Å². The fourth-order valence-electron chi connectivity index (χ4n) is 2.63. The van der Waals surface area contributed by atoms with Crippen molar-refractivity contribution in [1.82, 2.24) is 14.7 Å². The number of carbonyl (C=O) groups excluding carboxylic acids is 1. The van der Waals surface area contributed by atoms with Gasteiger partial charge in [-0.2, -0.15) is 4.31 Å². The molecule has 1 N–H and O–H groups in total. The van der Waals surface area contributed by atoms with E-state index in [1.165, 1.54) is 11.1 Å². The van der Waals surface area contributed by atoms with E-state index in [1.54, 1.807) is 36.6 Å². The van der Waals surface area contributed by atoms with Gasteiger partial charge in [-0.15, -0.1) is 0 Å². The fraction of sp³-hybridized carbons (Fsp3) is 0.533. The van der Waals surface area contributed by atoms with E-state index in [0.29, 0.717) is 12.1 Å². The summed E-state index contributed by atoms with van der Waals surface area (Å²) >= 11 is 0. The third kappa shape index (κ3) is 3.66. The molecule has 0 saturated carbocycles. The summed E-state index contributed by atoms with van der Waals surface area (Å²) in [6, 6.07) is 6.19. The lowest BCUT2D eigenvalue weighted by Crippen LogP contribution is -2.42. The van der Waals surface area contributed by atoms with Crippen LogP contribution in [0, 0.1) is 0 Å². The molecule has 0 unspecified atom stereocenters. The number of nitrogens with one attached hydrogen (secondary N) is 1. The maximum absolute atomic E-state index is 12.8. The van der Waals surface area contributed by atoms with Crippen molar-refractivity contribution in [2.24, 2.45) is 0 Å². The van der Waals surface area contributed by atoms with E-state index in [1.807, 2.05) is 6.92 Å². The van der Waals surface area contributed by atoms with Crippen LogP contribution in [0.1, 0.15) is 36.5 Å². The normalized spacial score (nSPS) is 20.1. The van der Waals surface area contributed by atoms with Crippen molar-refractivity contribution < 1.29 is 13.2 Å². The van der Waals surface area contributed by atoms with Gasteiger partial charge < -0.3 is 0 Å². The first-order valence-electron chi connectivity index (χ1n) is 7.42. The summed E-state index contributed by atoms with van der Waals surface area (Å²) in [5, 5.41) is 1.52. The molecule has 1 aliphatic heterocycles. The second-order valence-corrected chi connectivity index (χ2v) is 7.71. The molecule has 6 nitrogen and oxygen atoms in total. The van der Waals surface area contributed by atoms with Gasteiger partial charge in [-0.25, -0.2) is 13.4 Å². The van der Waals surface area contributed by atoms with Gasteiger partial charge in [0.2, 0.25) is 10.0 Å². The van der Waals surface area contributed by atoms with E-state index < -0.39 is 10.0 Å². The van der Waals surface area contributed by atoms with Crippen LogP contribution in [0.5, 0.6) is 0 Å². The van der Waals surface area contributed by atoms with E-state index in [4.69, 9.17) is 0 Å². The van der Waals surface area contributed by atoms with E-state index in [0.717, 1.165) is 19.3 Å². The molecule has 1 aromatic carbocycles. The zero-order valence-corrected chi connectivity index (χ0v) is 14.1. The standard InChI is InChI=1S/C15H23N3O3S/c1-12-7-4-5-10-18(12)22(20,21)14-9-6-8-13(11-14)15(19)16-17(2)3/h6,8-9,11-12H,4-5,7,10H2,1-3H3,(H,16,19)/t12-/m1/s1. The zero-order chi connectivity index (χ0) is 16.3. The second-order valence-electron chi connectivity index (χ2n) is 5.82. The first-order valence-corrected chi connectivity index (χ1v) is 8.86. The Bertz CT molecular complexity index is 643. The van der Waals surface area contributed by atoms with Crippen LogP contribution in [-0.2, 0) is 10.0 Å². The highest BCUT2D eigenvalue weighted by Gasteiger charge is 2.31. The molecule has 7 heteroatoms. The van der Waals surface area contributed by atoms with Crippen LogP contribution in [-0.4, -0.2) is 50.3 Å². The van der Waals surface area contributed by atoms with Gasteiger partial charge in [0, 0.05) is 32.2 Å². The number of hydrazine groups is 1. The Labute approximate surface area is 132 Å². The van der Waals surface area contributed by atoms with Crippen LogP contribution in [0.4, 0.5) is 0 Å². The Morgan fingerprint density at radius 3 is 2.68 bits per heavy atom. The molecule has 1 atom stereocenters. The second kappa shape index (κ2) is 6.76. The lowest BCUT2D eigenvalue weighted by molar-refractivity contribution is 0.0856. The third-order valence-corrected chi connectivity index (χ3v) is 5.78. The monoisotopic (exact) mass is 325 g/mol. The minimum absolute atomic E-state index is 0.00184. The number of benzene rings is 1. The number of carbonyl (C=O) groups is 1. The van der Waals surface area contributed by atoms with Crippen LogP contribution < -0.4 is 5.43 Å². The maximum Gasteiger partial charge on any atom is 0.265 e. The number of rotatable bonds is 4. The maximum atomic E-state index is 12.8. The fourth-order valence-corrected chi connectivity index (χ4v) is 4.38. The minimum atomic E-state index is -3.56. The Balaban J connectivity index is 2.30. The number of hydrogen-bond acceptors (Lipinski definition) is 4. The van der Waals surface area contributed by atoms with Gasteiger partial charge in [0.1, 0.15) is 0 Å². The smallest absolute Gasteiger partial charge is 0.265 e. The molecular weight excluding hydrogens is 302 g/mol. The van der Waals surface area contributed by atoms with Crippen molar-refractivity contribution >= 4 is 15.9 Å². The number of hydrogen-bond donors (Lipinski definition) is 1. The van der Waals surface area contributed by atoms with Gasteiger partial charge in [0.15, 0.2) is 0 Å². The molecule has 122 valence electrons. The summed E-state index contributed by atoms with van der Waals surface area (Å²) in [6.07, 6.45) is 2.81. The van der Waals surface area contributed by atoms with E-state index in [2.05, 4.69) is 5.43 Å². The molecule has 0 spiro atoms. The van der Waals surface area contributed by atoms with Gasteiger partial charge in [-0.3, -0.25) is 10.2 Å². The third-order valence-electron chi connectivity index (χ3n) is 3.77. The Morgan fingerprint density at radius 2 is 2.05 bits per heavy atom. The molecule has 1 fully saturated rings. The minimum Gasteiger partial charge on any atom is -0.285 e. The van der Waals surface area contributed by atoms with Crippen molar-refractivity contribution in [3.8, 4) is 0 Å². The molecule has 0 aliphatic carbocycles. The van der Waals surface area contributed by atoms with Crippen molar-refractivity contribution in [2.45, 2.75) is 37.1 Å². The van der Waals surface area contributed by atoms with E-state index in [-0.39, 0.29) is 16.8 Å². The molecule has 1 amide bonds. The lowest BCUT2D eigenvalue weighted by Gasteiger charge is -2.32. The average Bonchev–Trinajstić information content (AvgIpc) is 2.47. The predicted molar refractivity (Wildman–Crippen MR) is 84.8 cm³/mol. The highest BCUT2D eigenvalue weighted by Crippen LogP contribution is 2.25.